The zero-order chi connectivity index (χ0) is 60.1. The topological polar surface area (TPSA) is 16.3 Å². The van der Waals surface area contributed by atoms with Crippen LogP contribution in [0.1, 0.15) is 52.7 Å². The van der Waals surface area contributed by atoms with Crippen molar-refractivity contribution in [1.29, 1.82) is 0 Å². The van der Waals surface area contributed by atoms with E-state index in [0.29, 0.717) is 0 Å². The summed E-state index contributed by atoms with van der Waals surface area (Å²) in [6, 6.07) is 91.0. The maximum atomic E-state index is 2.66. The van der Waals surface area contributed by atoms with E-state index in [9.17, 15) is 0 Å². The summed E-state index contributed by atoms with van der Waals surface area (Å²) in [7, 11) is -3.89. The van der Waals surface area contributed by atoms with E-state index >= 15 is 0 Å². The van der Waals surface area contributed by atoms with E-state index in [-0.39, 0.29) is 17.5 Å². The van der Waals surface area contributed by atoms with Gasteiger partial charge in [-0.05, 0) is 121 Å². The van der Waals surface area contributed by atoms with Crippen molar-refractivity contribution < 1.29 is 0 Å². The second-order valence-corrected chi connectivity index (χ2v) is 38.7. The van der Waals surface area contributed by atoms with Crippen LogP contribution >= 0.6 is 0 Å². The van der Waals surface area contributed by atoms with Crippen LogP contribution in [0.15, 0.2) is 237 Å². The summed E-state index contributed by atoms with van der Waals surface area (Å²) >= 11 is 0. The highest BCUT2D eigenvalue weighted by Gasteiger charge is 2.45. The lowest BCUT2D eigenvalue weighted by molar-refractivity contribution is 0.590. The van der Waals surface area contributed by atoms with Gasteiger partial charge >= 0.3 is 0 Å². The smallest absolute Gasteiger partial charge is 0.252 e. The quantitative estimate of drug-likeness (QED) is 0.141. The fourth-order valence-corrected chi connectivity index (χ4v) is 17.8. The van der Waals surface area contributed by atoms with Crippen LogP contribution < -0.4 is 36.6 Å². The van der Waals surface area contributed by atoms with Gasteiger partial charge in [0.2, 0.25) is 0 Å². The molecule has 0 saturated heterocycles. The van der Waals surface area contributed by atoms with Gasteiger partial charge in [-0.15, -0.1) is 0 Å². The van der Waals surface area contributed by atoms with E-state index in [0.717, 1.165) is 11.4 Å². The molecule has 0 aliphatic carbocycles. The van der Waals surface area contributed by atoms with Gasteiger partial charge < -0.3 is 18.9 Å². The van der Waals surface area contributed by atoms with Crippen LogP contribution in [0.4, 0.5) is 34.1 Å². The molecule has 0 atom stereocenters. The standard InChI is InChI=1S/C80H75BN4Si2/c1-79(2,3)54-42-38-52(39-43-54)58-26-21-28-62-60-24-13-15-30-66(60)82(77(58)62)56-46-48-64-72(50-56)84(68-32-17-19-36-74(68)86(7,8)9)70-34-23-35-71-76(70)81(64)65-49-47-57(51-73(65)85(71)69-33-18-20-37-75(69)87(10,11)12)83-67-31-16-14-25-61(67)63-29-22-27-59(78(63)83)53-40-44-55(45-41-53)80(4,5)6/h13-51H,1-12H3. The average Bonchev–Trinajstić information content (AvgIpc) is 1.08. The van der Waals surface area contributed by atoms with Gasteiger partial charge in [-0.3, -0.25) is 0 Å². The normalized spacial score (nSPS) is 13.4. The van der Waals surface area contributed by atoms with E-state index in [1.165, 1.54) is 138 Å². The highest BCUT2D eigenvalue weighted by Crippen LogP contribution is 2.48. The molecule has 4 heterocycles. The Labute approximate surface area is 516 Å². The van der Waals surface area contributed by atoms with E-state index in [2.05, 4.69) is 336 Å². The van der Waals surface area contributed by atoms with Gasteiger partial charge in [-0.25, -0.2) is 0 Å². The highest BCUT2D eigenvalue weighted by atomic mass is 28.3. The van der Waals surface area contributed by atoms with Gasteiger partial charge in [0, 0.05) is 78.2 Å². The Morgan fingerprint density at radius 1 is 0.322 bits per heavy atom. The van der Waals surface area contributed by atoms with Gasteiger partial charge in [0.25, 0.3) is 6.71 Å². The highest BCUT2D eigenvalue weighted by molar-refractivity contribution is 7.00. The molecule has 2 aromatic heterocycles. The Kier molecular flexibility index (Phi) is 12.5. The summed E-state index contributed by atoms with van der Waals surface area (Å²) in [5, 5.41) is 7.88. The second kappa shape index (κ2) is 19.8. The van der Waals surface area contributed by atoms with Gasteiger partial charge in [0.15, 0.2) is 0 Å². The minimum atomic E-state index is -1.95. The second-order valence-electron chi connectivity index (χ2n) is 28.6. The van der Waals surface area contributed by atoms with Gasteiger partial charge in [-0.1, -0.05) is 257 Å². The molecule has 0 amide bonds. The first kappa shape index (κ1) is 54.7. The number of hydrogen-bond acceptors (Lipinski definition) is 2. The number of rotatable bonds is 8. The monoisotopic (exact) mass is 1160 g/mol. The first-order chi connectivity index (χ1) is 41.7. The van der Waals surface area contributed by atoms with Crippen molar-refractivity contribution in [2.24, 2.45) is 0 Å². The van der Waals surface area contributed by atoms with Crippen molar-refractivity contribution in [3.05, 3.63) is 248 Å². The third-order valence-electron chi connectivity index (χ3n) is 18.9. The Morgan fingerprint density at radius 3 is 1.08 bits per heavy atom. The van der Waals surface area contributed by atoms with E-state index < -0.39 is 16.1 Å². The van der Waals surface area contributed by atoms with Crippen LogP contribution in [0.2, 0.25) is 39.3 Å². The van der Waals surface area contributed by atoms with Crippen LogP contribution in [0.25, 0.3) is 77.2 Å². The van der Waals surface area contributed by atoms with E-state index in [1.807, 2.05) is 0 Å². The fraction of sp³-hybridized carbons (Fsp3) is 0.175. The molecule has 15 rings (SSSR count). The Bertz CT molecular complexity index is 4620. The lowest BCUT2D eigenvalue weighted by Gasteiger charge is -2.45. The molecule has 2 aliphatic heterocycles. The number of nitrogens with zero attached hydrogens (tertiary/aromatic N) is 4. The van der Waals surface area contributed by atoms with Crippen LogP contribution in [0.5, 0.6) is 0 Å². The molecule has 0 N–H and O–H groups in total. The molecule has 2 aliphatic rings. The molecule has 0 fully saturated rings. The number of anilines is 6. The molecule has 7 heteroatoms. The SMILES string of the molecule is CC(C)(C)c1ccc(-c2cccc3c4ccccc4n(-c4ccc5c(c4)N(c4ccccc4[Si](C)(C)C)c4cccc6c4B5c4ccc(-n5c7ccccc7c7cccc(-c8ccc(C(C)(C)C)cc8)c75)cc4N6c4ccccc4[Si](C)(C)C)c23)cc1. The molecule has 0 spiro atoms. The molecular formula is C80H75BN4Si2. The maximum Gasteiger partial charge on any atom is 0.252 e. The summed E-state index contributed by atoms with van der Waals surface area (Å²) in [6.07, 6.45) is 0. The predicted molar refractivity (Wildman–Crippen MR) is 383 cm³/mol. The van der Waals surface area contributed by atoms with Gasteiger partial charge in [0.05, 0.1) is 38.2 Å². The van der Waals surface area contributed by atoms with Crippen molar-refractivity contribution in [3.8, 4) is 33.6 Å². The van der Waals surface area contributed by atoms with E-state index in [4.69, 9.17) is 0 Å². The lowest BCUT2D eigenvalue weighted by Crippen LogP contribution is -2.62. The largest absolute Gasteiger partial charge is 0.311 e. The van der Waals surface area contributed by atoms with Crippen molar-refractivity contribution in [1.82, 2.24) is 9.13 Å². The number of hydrogen-bond donors (Lipinski definition) is 0. The van der Waals surface area contributed by atoms with Crippen LogP contribution in [0, 0.1) is 0 Å². The van der Waals surface area contributed by atoms with E-state index in [1.54, 1.807) is 0 Å². The lowest BCUT2D eigenvalue weighted by atomic mass is 9.33. The molecular weight excluding hydrogens is 1080 g/mol. The third-order valence-corrected chi connectivity index (χ3v) is 23.0. The Balaban J connectivity index is 1.02. The number of aromatic nitrogens is 2. The fourth-order valence-electron chi connectivity index (χ4n) is 14.6. The number of fused-ring (bicyclic) bond motifs is 10. The van der Waals surface area contributed by atoms with Crippen molar-refractivity contribution in [2.45, 2.75) is 91.7 Å². The van der Waals surface area contributed by atoms with Crippen molar-refractivity contribution >= 4 is 127 Å². The summed E-state index contributed by atoms with van der Waals surface area (Å²) < 4.78 is 5.11. The third kappa shape index (κ3) is 8.74. The average molecular weight is 1160 g/mol. The minimum Gasteiger partial charge on any atom is -0.311 e. The Morgan fingerprint density at radius 2 is 0.678 bits per heavy atom. The number of benzene rings is 11. The molecule has 0 unspecified atom stereocenters. The molecule has 0 bridgehead atoms. The van der Waals surface area contributed by atoms with Gasteiger partial charge in [-0.2, -0.15) is 0 Å². The maximum absolute atomic E-state index is 2.66. The number of para-hydroxylation sites is 6. The molecule has 426 valence electrons. The van der Waals surface area contributed by atoms with Crippen LogP contribution in [-0.4, -0.2) is 32.0 Å². The van der Waals surface area contributed by atoms with Crippen LogP contribution in [-0.2, 0) is 10.8 Å². The summed E-state index contributed by atoms with van der Waals surface area (Å²) in [5.74, 6) is 0. The van der Waals surface area contributed by atoms with Crippen molar-refractivity contribution in [2.75, 3.05) is 9.80 Å². The zero-order valence-electron chi connectivity index (χ0n) is 52.4. The first-order valence-corrected chi connectivity index (χ1v) is 38.2. The molecule has 0 radical (unpaired) electrons. The molecule has 87 heavy (non-hydrogen) atoms. The molecule has 13 aromatic rings. The summed E-state index contributed by atoms with van der Waals surface area (Å²) in [6.45, 7) is 28.7. The molecule has 4 nitrogen and oxygen atoms in total. The van der Waals surface area contributed by atoms with Crippen molar-refractivity contribution in [3.63, 3.8) is 0 Å². The summed E-state index contributed by atoms with van der Waals surface area (Å²) in [5.41, 5.74) is 26.1. The molecule has 11 aromatic carbocycles. The Hall–Kier alpha value is -8.88. The van der Waals surface area contributed by atoms with Gasteiger partial charge in [0.1, 0.15) is 0 Å². The first-order valence-electron chi connectivity index (χ1n) is 31.2. The molecule has 0 saturated carbocycles. The zero-order valence-corrected chi connectivity index (χ0v) is 54.4. The minimum absolute atomic E-state index is 0.0516. The summed E-state index contributed by atoms with van der Waals surface area (Å²) in [4.78, 5) is 5.33. The van der Waals surface area contributed by atoms with Crippen LogP contribution in [0.3, 0.4) is 0 Å². The predicted octanol–water partition coefficient (Wildman–Crippen LogP) is 19.0.